The van der Waals surface area contributed by atoms with E-state index in [1.807, 2.05) is 12.1 Å². The van der Waals surface area contributed by atoms with Gasteiger partial charge in [-0.05, 0) is 36.8 Å². The number of ether oxygens (including phenoxy) is 1. The first-order valence-corrected chi connectivity index (χ1v) is 8.42. The highest BCUT2D eigenvalue weighted by atomic mass is 16.5. The van der Waals surface area contributed by atoms with Gasteiger partial charge in [0.15, 0.2) is 11.2 Å². The third-order valence-corrected chi connectivity index (χ3v) is 4.39. The second kappa shape index (κ2) is 7.51. The van der Waals surface area contributed by atoms with Crippen molar-refractivity contribution in [2.45, 2.75) is 13.5 Å². The summed E-state index contributed by atoms with van der Waals surface area (Å²) < 4.78 is 8.74. The maximum absolute atomic E-state index is 12.4. The molecule has 0 bridgehead atoms. The van der Waals surface area contributed by atoms with Gasteiger partial charge in [0.25, 0.3) is 11.5 Å². The SMILES string of the molecule is COc1ccc(C(C)=NNC(=O)Cn2cnc3c2c(=O)n(C)c(=O)n3C)cc1. The van der Waals surface area contributed by atoms with E-state index in [2.05, 4.69) is 15.5 Å². The summed E-state index contributed by atoms with van der Waals surface area (Å²) in [6.07, 6.45) is 1.35. The number of aryl methyl sites for hydroxylation is 1. The number of aromatic nitrogens is 4. The Morgan fingerprint density at radius 3 is 2.50 bits per heavy atom. The summed E-state index contributed by atoms with van der Waals surface area (Å²) in [5.74, 6) is 0.298. The fourth-order valence-electron chi connectivity index (χ4n) is 2.75. The van der Waals surface area contributed by atoms with Gasteiger partial charge < -0.3 is 9.30 Å². The third-order valence-electron chi connectivity index (χ3n) is 4.39. The van der Waals surface area contributed by atoms with E-state index >= 15 is 0 Å². The Morgan fingerprint density at radius 2 is 1.86 bits per heavy atom. The first kappa shape index (κ1) is 19.1. The van der Waals surface area contributed by atoms with Gasteiger partial charge in [0.1, 0.15) is 12.3 Å². The molecule has 0 saturated heterocycles. The molecule has 146 valence electrons. The molecule has 3 rings (SSSR count). The Hall–Kier alpha value is -3.69. The second-order valence-corrected chi connectivity index (χ2v) is 6.21. The van der Waals surface area contributed by atoms with Gasteiger partial charge >= 0.3 is 5.69 Å². The molecule has 0 unspecified atom stereocenters. The van der Waals surface area contributed by atoms with Gasteiger partial charge in [0.05, 0.1) is 19.1 Å². The molecule has 0 aliphatic heterocycles. The lowest BCUT2D eigenvalue weighted by atomic mass is 10.1. The molecule has 0 spiro atoms. The van der Waals surface area contributed by atoms with Crippen molar-refractivity contribution in [1.29, 1.82) is 0 Å². The number of amides is 1. The Labute approximate surface area is 159 Å². The monoisotopic (exact) mass is 384 g/mol. The van der Waals surface area contributed by atoms with Gasteiger partial charge in [0, 0.05) is 14.1 Å². The summed E-state index contributed by atoms with van der Waals surface area (Å²) in [5, 5.41) is 4.09. The van der Waals surface area contributed by atoms with Crippen molar-refractivity contribution >= 4 is 22.8 Å². The zero-order chi connectivity index (χ0) is 20.4. The van der Waals surface area contributed by atoms with E-state index in [1.54, 1.807) is 26.2 Å². The summed E-state index contributed by atoms with van der Waals surface area (Å²) in [7, 11) is 4.48. The van der Waals surface area contributed by atoms with Crippen LogP contribution in [0.4, 0.5) is 0 Å². The van der Waals surface area contributed by atoms with Gasteiger partial charge in [-0.3, -0.25) is 18.7 Å². The van der Waals surface area contributed by atoms with E-state index in [0.29, 0.717) is 5.71 Å². The minimum Gasteiger partial charge on any atom is -0.497 e. The maximum Gasteiger partial charge on any atom is 0.332 e. The molecule has 0 radical (unpaired) electrons. The summed E-state index contributed by atoms with van der Waals surface area (Å²) in [5.41, 5.74) is 3.32. The quantitative estimate of drug-likeness (QED) is 0.491. The van der Waals surface area contributed by atoms with Crippen LogP contribution in [0.5, 0.6) is 5.75 Å². The third kappa shape index (κ3) is 3.43. The van der Waals surface area contributed by atoms with Crippen molar-refractivity contribution in [2.75, 3.05) is 7.11 Å². The number of benzene rings is 1. The number of hydrogen-bond donors (Lipinski definition) is 1. The molecule has 2 aromatic heterocycles. The van der Waals surface area contributed by atoms with Crippen molar-refractivity contribution in [2.24, 2.45) is 19.2 Å². The number of hydrazone groups is 1. The zero-order valence-electron chi connectivity index (χ0n) is 16.0. The normalized spacial score (nSPS) is 11.6. The molecular formula is C18H20N6O4. The Bertz CT molecular complexity index is 1180. The van der Waals surface area contributed by atoms with E-state index in [-0.39, 0.29) is 17.7 Å². The first-order chi connectivity index (χ1) is 13.3. The minimum absolute atomic E-state index is 0.163. The standard InChI is InChI=1S/C18H20N6O4/c1-11(12-5-7-13(28-4)8-6-12)20-21-14(25)9-24-10-19-16-15(24)17(26)23(3)18(27)22(16)2/h5-8,10H,9H2,1-4H3,(H,21,25). The Morgan fingerprint density at radius 1 is 1.18 bits per heavy atom. The van der Waals surface area contributed by atoms with Crippen molar-refractivity contribution in [3.63, 3.8) is 0 Å². The van der Waals surface area contributed by atoms with Gasteiger partial charge in [-0.2, -0.15) is 5.10 Å². The molecular weight excluding hydrogens is 364 g/mol. The number of nitrogens with one attached hydrogen (secondary N) is 1. The molecule has 2 heterocycles. The molecule has 1 aromatic carbocycles. The van der Waals surface area contributed by atoms with Crippen LogP contribution in [0.25, 0.3) is 11.2 Å². The highest BCUT2D eigenvalue weighted by Gasteiger charge is 2.15. The van der Waals surface area contributed by atoms with E-state index in [1.165, 1.54) is 29.6 Å². The number of imidazole rings is 1. The average Bonchev–Trinajstić information content (AvgIpc) is 3.12. The van der Waals surface area contributed by atoms with Gasteiger partial charge in [-0.25, -0.2) is 15.2 Å². The van der Waals surface area contributed by atoms with Crippen molar-refractivity contribution in [1.82, 2.24) is 24.1 Å². The summed E-state index contributed by atoms with van der Waals surface area (Å²) >= 11 is 0. The summed E-state index contributed by atoms with van der Waals surface area (Å²) in [4.78, 5) is 40.7. The van der Waals surface area contributed by atoms with Crippen LogP contribution in [0.15, 0.2) is 45.3 Å². The highest BCUT2D eigenvalue weighted by Crippen LogP contribution is 2.11. The number of carbonyl (C=O) groups excluding carboxylic acids is 1. The largest absolute Gasteiger partial charge is 0.497 e. The van der Waals surface area contributed by atoms with Crippen molar-refractivity contribution in [3.8, 4) is 5.75 Å². The Kier molecular flexibility index (Phi) is 5.12. The van der Waals surface area contributed by atoms with Crippen LogP contribution >= 0.6 is 0 Å². The molecule has 0 aliphatic carbocycles. The highest BCUT2D eigenvalue weighted by molar-refractivity contribution is 5.99. The van der Waals surface area contributed by atoms with Crippen LogP contribution in [0.2, 0.25) is 0 Å². The van der Waals surface area contributed by atoms with Crippen molar-refractivity contribution < 1.29 is 9.53 Å². The smallest absolute Gasteiger partial charge is 0.332 e. The van der Waals surface area contributed by atoms with Crippen molar-refractivity contribution in [3.05, 3.63) is 57.0 Å². The first-order valence-electron chi connectivity index (χ1n) is 8.42. The number of fused-ring (bicyclic) bond motifs is 1. The lowest BCUT2D eigenvalue weighted by Gasteiger charge is -2.07. The van der Waals surface area contributed by atoms with E-state index in [0.717, 1.165) is 15.9 Å². The number of rotatable bonds is 5. The average molecular weight is 384 g/mol. The fraction of sp³-hybridized carbons (Fsp3) is 0.278. The molecule has 0 aliphatic rings. The molecule has 0 saturated carbocycles. The molecule has 0 fully saturated rings. The molecule has 28 heavy (non-hydrogen) atoms. The maximum atomic E-state index is 12.4. The molecule has 0 atom stereocenters. The van der Waals surface area contributed by atoms with Crippen LogP contribution in [0.3, 0.4) is 0 Å². The number of hydrogen-bond acceptors (Lipinski definition) is 6. The van der Waals surface area contributed by atoms with Crippen LogP contribution in [-0.2, 0) is 25.4 Å². The van der Waals surface area contributed by atoms with Gasteiger partial charge in [0.2, 0.25) is 0 Å². The van der Waals surface area contributed by atoms with E-state index in [4.69, 9.17) is 4.74 Å². The Balaban J connectivity index is 1.80. The molecule has 10 nitrogen and oxygen atoms in total. The minimum atomic E-state index is -0.513. The molecule has 1 amide bonds. The van der Waals surface area contributed by atoms with Gasteiger partial charge in [-0.15, -0.1) is 0 Å². The van der Waals surface area contributed by atoms with Crippen LogP contribution < -0.4 is 21.4 Å². The van der Waals surface area contributed by atoms with Gasteiger partial charge in [-0.1, -0.05) is 0 Å². The second-order valence-electron chi connectivity index (χ2n) is 6.21. The van der Waals surface area contributed by atoms with Crippen LogP contribution in [0.1, 0.15) is 12.5 Å². The molecule has 1 N–H and O–H groups in total. The van der Waals surface area contributed by atoms with Crippen LogP contribution in [-0.4, -0.2) is 37.4 Å². The predicted octanol–water partition coefficient (Wildman–Crippen LogP) is -0.0173. The number of nitrogens with zero attached hydrogens (tertiary/aromatic N) is 5. The summed E-state index contributed by atoms with van der Waals surface area (Å²) in [6, 6.07) is 7.26. The molecule has 10 heteroatoms. The molecule has 3 aromatic rings. The lowest BCUT2D eigenvalue weighted by molar-refractivity contribution is -0.121. The predicted molar refractivity (Wildman–Crippen MR) is 104 cm³/mol. The number of carbonyl (C=O) groups is 1. The van der Waals surface area contributed by atoms with Crippen LogP contribution in [0, 0.1) is 0 Å². The fourth-order valence-corrected chi connectivity index (χ4v) is 2.75. The van der Waals surface area contributed by atoms with E-state index in [9.17, 15) is 14.4 Å². The number of methoxy groups -OCH3 is 1. The topological polar surface area (TPSA) is 113 Å². The zero-order valence-corrected chi connectivity index (χ0v) is 16.0. The van der Waals surface area contributed by atoms with E-state index < -0.39 is 17.2 Å². The summed E-state index contributed by atoms with van der Waals surface area (Å²) in [6.45, 7) is 1.60. The lowest BCUT2D eigenvalue weighted by Crippen LogP contribution is -2.38.